The summed E-state index contributed by atoms with van der Waals surface area (Å²) in [4.78, 5) is 48.0. The van der Waals surface area contributed by atoms with Crippen LogP contribution in [-0.4, -0.2) is 61.5 Å². The molecular weight excluding hydrogens is 494 g/mol. The summed E-state index contributed by atoms with van der Waals surface area (Å²) in [5, 5.41) is 17.9. The number of anilines is 1. The van der Waals surface area contributed by atoms with Gasteiger partial charge < -0.3 is 25.8 Å². The third-order valence-corrected chi connectivity index (χ3v) is 7.13. The number of aryl methyl sites for hydroxylation is 2. The number of thioether (sulfide) groups is 1. The smallest absolute Gasteiger partial charge is 0.278 e. The molecule has 184 valence electrons. The first-order valence-electron chi connectivity index (χ1n) is 10.6. The quantitative estimate of drug-likeness (QED) is 0.191. The zero-order valence-corrected chi connectivity index (χ0v) is 20.8. The number of amides is 2. The van der Waals surface area contributed by atoms with Crippen molar-refractivity contribution < 1.29 is 28.9 Å². The molecule has 1 unspecified atom stereocenters. The van der Waals surface area contributed by atoms with Crippen LogP contribution >= 0.6 is 23.3 Å². The van der Waals surface area contributed by atoms with E-state index in [-0.39, 0.29) is 29.0 Å². The summed E-state index contributed by atoms with van der Waals surface area (Å²) in [6.45, 7) is 6.10. The molecular formula is C21H23N7O5S2. The van der Waals surface area contributed by atoms with Crippen molar-refractivity contribution in [3.63, 3.8) is 0 Å². The third kappa shape index (κ3) is 4.98. The van der Waals surface area contributed by atoms with Crippen LogP contribution in [0.15, 0.2) is 34.9 Å². The Hall–Kier alpha value is -3.52. The molecule has 2 aliphatic heterocycles. The molecule has 12 nitrogen and oxygen atoms in total. The molecule has 1 saturated heterocycles. The number of fused-ring (bicyclic) bond motifs is 1. The van der Waals surface area contributed by atoms with Crippen molar-refractivity contribution in [2.75, 3.05) is 18.1 Å². The van der Waals surface area contributed by atoms with E-state index in [9.17, 15) is 19.5 Å². The normalized spacial score (nSPS) is 19.8. The number of carboxylic acid groups (broad SMARTS) is 1. The predicted octanol–water partition coefficient (Wildman–Crippen LogP) is -1.13. The molecule has 2 aromatic heterocycles. The summed E-state index contributed by atoms with van der Waals surface area (Å²) >= 11 is 2.25. The van der Waals surface area contributed by atoms with Crippen LogP contribution in [0.5, 0.6) is 0 Å². The minimum absolute atomic E-state index is 0.0264. The van der Waals surface area contributed by atoms with Crippen molar-refractivity contribution in [1.29, 1.82) is 0 Å². The van der Waals surface area contributed by atoms with Gasteiger partial charge in [0.1, 0.15) is 18.0 Å². The molecule has 2 amide bonds. The number of carboxylic acids is 1. The number of hydrogen-bond donors (Lipinski definition) is 2. The number of rotatable bonds is 8. The second kappa shape index (κ2) is 10.00. The first-order valence-corrected chi connectivity index (χ1v) is 12.5. The number of β-lactam (4-membered cyclic amide) rings is 1. The number of pyridine rings is 1. The van der Waals surface area contributed by atoms with Gasteiger partial charge in [0.2, 0.25) is 11.5 Å². The number of nitrogens with two attached hydrogens (primary N) is 1. The number of aromatic nitrogens is 3. The van der Waals surface area contributed by atoms with E-state index in [0.717, 1.165) is 22.7 Å². The van der Waals surface area contributed by atoms with Gasteiger partial charge in [-0.05, 0) is 26.8 Å². The summed E-state index contributed by atoms with van der Waals surface area (Å²) in [5.41, 5.74) is 7.84. The molecule has 0 aliphatic carbocycles. The number of aliphatic carboxylic acids is 1. The Morgan fingerprint density at radius 1 is 1.37 bits per heavy atom. The lowest BCUT2D eigenvalue weighted by Crippen LogP contribution is -2.71. The third-order valence-electron chi connectivity index (χ3n) is 5.25. The van der Waals surface area contributed by atoms with Crippen molar-refractivity contribution in [3.8, 4) is 0 Å². The van der Waals surface area contributed by atoms with Crippen LogP contribution in [0.1, 0.15) is 23.9 Å². The van der Waals surface area contributed by atoms with Gasteiger partial charge in [-0.1, -0.05) is 5.16 Å². The van der Waals surface area contributed by atoms with E-state index in [4.69, 9.17) is 10.6 Å². The molecule has 2 aliphatic rings. The largest absolute Gasteiger partial charge is 0.543 e. The summed E-state index contributed by atoms with van der Waals surface area (Å²) < 4.78 is 5.86. The number of nitrogens with zero attached hydrogens (tertiary/aromatic N) is 5. The zero-order chi connectivity index (χ0) is 25.3. The van der Waals surface area contributed by atoms with Gasteiger partial charge in [0, 0.05) is 34.0 Å². The van der Waals surface area contributed by atoms with Crippen molar-refractivity contribution in [3.05, 3.63) is 46.7 Å². The minimum atomic E-state index is -1.44. The van der Waals surface area contributed by atoms with E-state index in [2.05, 4.69) is 19.8 Å². The summed E-state index contributed by atoms with van der Waals surface area (Å²) in [6, 6.07) is 1.06. The fourth-order valence-corrected chi connectivity index (χ4v) is 5.72. The maximum Gasteiger partial charge on any atom is 0.278 e. The van der Waals surface area contributed by atoms with Gasteiger partial charge in [-0.15, -0.1) is 11.8 Å². The number of nitrogens with one attached hydrogen (secondary N) is 1. The van der Waals surface area contributed by atoms with Gasteiger partial charge >= 0.3 is 0 Å². The second-order valence-electron chi connectivity index (χ2n) is 7.98. The van der Waals surface area contributed by atoms with Crippen LogP contribution in [0.25, 0.3) is 0 Å². The molecule has 14 heteroatoms. The van der Waals surface area contributed by atoms with Crippen LogP contribution < -0.4 is 20.7 Å². The lowest BCUT2D eigenvalue weighted by molar-refractivity contribution is -0.689. The summed E-state index contributed by atoms with van der Waals surface area (Å²) in [6.07, 6.45) is 3.81. The Morgan fingerprint density at radius 2 is 2.09 bits per heavy atom. The van der Waals surface area contributed by atoms with Crippen molar-refractivity contribution in [1.82, 2.24) is 19.6 Å². The molecule has 2 atom stereocenters. The fourth-order valence-electron chi connectivity index (χ4n) is 3.95. The minimum Gasteiger partial charge on any atom is -0.543 e. The fraction of sp³-hybridized carbons (Fsp3) is 0.381. The maximum atomic E-state index is 13.0. The molecule has 4 rings (SSSR count). The Morgan fingerprint density at radius 3 is 2.69 bits per heavy atom. The number of oxime groups is 1. The molecule has 1 fully saturated rings. The van der Waals surface area contributed by atoms with Crippen molar-refractivity contribution in [2.24, 2.45) is 5.16 Å². The lowest BCUT2D eigenvalue weighted by atomic mass is 10.0. The number of carbonyl (C=O) groups is 3. The van der Waals surface area contributed by atoms with Crippen LogP contribution in [0.3, 0.4) is 0 Å². The predicted molar refractivity (Wildman–Crippen MR) is 126 cm³/mol. The first kappa shape index (κ1) is 24.6. The van der Waals surface area contributed by atoms with E-state index < -0.39 is 29.2 Å². The van der Waals surface area contributed by atoms with E-state index >= 15 is 0 Å². The van der Waals surface area contributed by atoms with E-state index in [1.54, 1.807) is 6.92 Å². The standard InChI is InChI=1S/C21H23N7O5S2/c1-4-33-25-13(16-24-21(22)35-26-16)17(29)23-14-18(30)28-15(20(31)32)12(9-34-19(14)28)8-27-6-10(2)5-11(3)7-27/h5-7,14,19H,4,8-9H2,1-3H3,(H3-,22,23,24,26,29,31,32)/t14?,19-/m0/s1. The number of carbonyl (C=O) groups excluding carboxylic acids is 3. The molecule has 4 heterocycles. The Kier molecular flexibility index (Phi) is 7.03. The van der Waals surface area contributed by atoms with Gasteiger partial charge in [-0.2, -0.15) is 9.36 Å². The van der Waals surface area contributed by atoms with E-state index in [1.807, 2.05) is 36.9 Å². The van der Waals surface area contributed by atoms with Gasteiger partial charge in [0.15, 0.2) is 24.1 Å². The molecule has 0 bridgehead atoms. The van der Waals surface area contributed by atoms with E-state index in [0.29, 0.717) is 17.9 Å². The van der Waals surface area contributed by atoms with Gasteiger partial charge in [-0.25, -0.2) is 4.57 Å². The number of nitrogen functional groups attached to an aromatic ring is 1. The molecule has 0 radical (unpaired) electrons. The molecule has 0 spiro atoms. The Labute approximate surface area is 209 Å². The average Bonchev–Trinajstić information content (AvgIpc) is 3.22. The number of hydrogen-bond acceptors (Lipinski definition) is 11. The zero-order valence-electron chi connectivity index (χ0n) is 19.2. The van der Waals surface area contributed by atoms with Crippen LogP contribution in [0.4, 0.5) is 5.13 Å². The van der Waals surface area contributed by atoms with Gasteiger partial charge in [0.05, 0.1) is 11.7 Å². The van der Waals surface area contributed by atoms with Crippen molar-refractivity contribution >= 4 is 51.9 Å². The van der Waals surface area contributed by atoms with Gasteiger partial charge in [0.25, 0.3) is 11.8 Å². The molecule has 3 N–H and O–H groups in total. The Balaban J connectivity index is 1.54. The SMILES string of the molecule is CCON=C(C(=O)NC1C(=O)N2C(C(=O)[O-])=C(C[n+]3cc(C)cc(C)c3)CS[C@@H]12)c1nsc(N)n1. The average molecular weight is 518 g/mol. The highest BCUT2D eigenvalue weighted by Crippen LogP contribution is 2.40. The van der Waals surface area contributed by atoms with Crippen LogP contribution in [0.2, 0.25) is 0 Å². The van der Waals surface area contributed by atoms with Crippen LogP contribution in [0, 0.1) is 13.8 Å². The van der Waals surface area contributed by atoms with Gasteiger partial charge in [-0.3, -0.25) is 14.5 Å². The highest BCUT2D eigenvalue weighted by Gasteiger charge is 2.53. The Bertz CT molecular complexity index is 1240. The monoisotopic (exact) mass is 517 g/mol. The summed E-state index contributed by atoms with van der Waals surface area (Å²) in [7, 11) is 0. The topological polar surface area (TPSA) is 167 Å². The van der Waals surface area contributed by atoms with E-state index in [1.165, 1.54) is 16.7 Å². The highest BCUT2D eigenvalue weighted by atomic mass is 32.2. The first-order chi connectivity index (χ1) is 16.7. The van der Waals surface area contributed by atoms with Crippen molar-refractivity contribution in [2.45, 2.75) is 38.7 Å². The van der Waals surface area contributed by atoms with Crippen LogP contribution in [-0.2, 0) is 25.8 Å². The molecule has 0 saturated carbocycles. The molecule has 35 heavy (non-hydrogen) atoms. The molecule has 2 aromatic rings. The lowest BCUT2D eigenvalue weighted by Gasteiger charge is -2.50. The summed E-state index contributed by atoms with van der Waals surface area (Å²) in [5.74, 6) is -2.39. The second-order valence-corrected chi connectivity index (χ2v) is 9.87. The highest BCUT2D eigenvalue weighted by molar-refractivity contribution is 8.00. The molecule has 0 aromatic carbocycles. The maximum absolute atomic E-state index is 13.0.